The van der Waals surface area contributed by atoms with Crippen molar-refractivity contribution >= 4 is 5.78 Å². The van der Waals surface area contributed by atoms with Crippen molar-refractivity contribution in [2.75, 3.05) is 7.11 Å². The topological polar surface area (TPSA) is 26.3 Å². The number of aryl methyl sites for hydroxylation is 1. The molecule has 0 aliphatic heterocycles. The summed E-state index contributed by atoms with van der Waals surface area (Å²) in [5, 5.41) is 0. The lowest BCUT2D eigenvalue weighted by molar-refractivity contribution is 0.0951. The Morgan fingerprint density at radius 2 is 1.95 bits per heavy atom. The van der Waals surface area contributed by atoms with Crippen LogP contribution in [0.5, 0.6) is 5.75 Å². The van der Waals surface area contributed by atoms with E-state index in [1.165, 1.54) is 0 Å². The summed E-state index contributed by atoms with van der Waals surface area (Å²) >= 11 is 0. The molecule has 1 aromatic carbocycles. The molecule has 0 saturated heterocycles. The first-order chi connectivity index (χ1) is 8.73. The molecule has 1 rings (SSSR count). The normalized spacial score (nSPS) is 13.2. The molecule has 2 nitrogen and oxygen atoms in total. The van der Waals surface area contributed by atoms with Crippen molar-refractivity contribution in [3.05, 3.63) is 29.3 Å². The van der Waals surface area contributed by atoms with E-state index in [1.807, 2.05) is 25.1 Å². The van der Waals surface area contributed by atoms with E-state index in [0.717, 1.165) is 12.0 Å². The fourth-order valence-electron chi connectivity index (χ4n) is 2.58. The summed E-state index contributed by atoms with van der Waals surface area (Å²) in [6.07, 6.45) is 1.63. The van der Waals surface area contributed by atoms with E-state index in [0.29, 0.717) is 23.7 Å². The first-order valence-electron chi connectivity index (χ1n) is 6.91. The predicted molar refractivity (Wildman–Crippen MR) is 79.9 cm³/mol. The third-order valence-corrected chi connectivity index (χ3v) is 3.15. The van der Waals surface area contributed by atoms with Gasteiger partial charge in [0.1, 0.15) is 5.75 Å². The molecule has 2 heteroatoms. The van der Waals surface area contributed by atoms with Gasteiger partial charge in [-0.15, -0.1) is 0 Å². The highest BCUT2D eigenvalue weighted by atomic mass is 16.5. The largest absolute Gasteiger partial charge is 0.496 e. The van der Waals surface area contributed by atoms with Gasteiger partial charge < -0.3 is 4.74 Å². The highest BCUT2D eigenvalue weighted by molar-refractivity contribution is 5.99. The van der Waals surface area contributed by atoms with Crippen LogP contribution in [0.2, 0.25) is 0 Å². The number of rotatable bonds is 5. The van der Waals surface area contributed by atoms with Crippen LogP contribution in [-0.4, -0.2) is 12.9 Å². The zero-order valence-electron chi connectivity index (χ0n) is 13.0. The molecule has 0 heterocycles. The van der Waals surface area contributed by atoms with Gasteiger partial charge in [-0.05, 0) is 36.8 Å². The molecule has 0 saturated carbocycles. The standard InChI is InChI=1S/C17H26O2/c1-12-7-8-16(19-6)14(9-12)15(18)10-13(2)11-17(3,4)5/h7-9,13H,10-11H2,1-6H3. The Labute approximate surface area is 117 Å². The molecule has 0 aliphatic carbocycles. The summed E-state index contributed by atoms with van der Waals surface area (Å²) in [6.45, 7) is 10.8. The van der Waals surface area contributed by atoms with E-state index in [2.05, 4.69) is 27.7 Å². The quantitative estimate of drug-likeness (QED) is 0.722. The lowest BCUT2D eigenvalue weighted by atomic mass is 9.83. The number of hydrogen-bond donors (Lipinski definition) is 0. The molecule has 1 atom stereocenters. The van der Waals surface area contributed by atoms with Gasteiger partial charge in [-0.3, -0.25) is 4.79 Å². The molecule has 106 valence electrons. The van der Waals surface area contributed by atoms with Gasteiger partial charge in [0.25, 0.3) is 0 Å². The smallest absolute Gasteiger partial charge is 0.166 e. The van der Waals surface area contributed by atoms with Crippen molar-refractivity contribution in [2.45, 2.75) is 47.5 Å². The highest BCUT2D eigenvalue weighted by Gasteiger charge is 2.20. The maximum absolute atomic E-state index is 12.4. The first kappa shape index (κ1) is 15.7. The van der Waals surface area contributed by atoms with Crippen LogP contribution in [0.3, 0.4) is 0 Å². The molecule has 0 fully saturated rings. The van der Waals surface area contributed by atoms with Crippen LogP contribution >= 0.6 is 0 Å². The zero-order valence-corrected chi connectivity index (χ0v) is 13.0. The van der Waals surface area contributed by atoms with E-state index in [-0.39, 0.29) is 11.2 Å². The number of Topliss-reactive ketones (excluding diaryl/α,β-unsaturated/α-hetero) is 1. The summed E-state index contributed by atoms with van der Waals surface area (Å²) < 4.78 is 5.28. The Hall–Kier alpha value is -1.31. The van der Waals surface area contributed by atoms with Gasteiger partial charge in [-0.1, -0.05) is 39.3 Å². The molecule has 1 aromatic rings. The number of ether oxygens (including phenoxy) is 1. The molecular weight excluding hydrogens is 236 g/mol. The second-order valence-electron chi connectivity index (χ2n) is 6.70. The van der Waals surface area contributed by atoms with Crippen LogP contribution in [0.25, 0.3) is 0 Å². The molecule has 0 spiro atoms. The third kappa shape index (κ3) is 5.06. The molecule has 1 unspecified atom stereocenters. The third-order valence-electron chi connectivity index (χ3n) is 3.15. The number of carbonyl (C=O) groups excluding carboxylic acids is 1. The number of carbonyl (C=O) groups is 1. The number of benzene rings is 1. The number of ketones is 1. The second-order valence-corrected chi connectivity index (χ2v) is 6.70. The van der Waals surface area contributed by atoms with E-state index < -0.39 is 0 Å². The Morgan fingerprint density at radius 3 is 2.47 bits per heavy atom. The van der Waals surface area contributed by atoms with Gasteiger partial charge in [0.05, 0.1) is 12.7 Å². The Balaban J connectivity index is 2.81. The molecule has 19 heavy (non-hydrogen) atoms. The lowest BCUT2D eigenvalue weighted by Crippen LogP contribution is -2.15. The van der Waals surface area contributed by atoms with Crippen LogP contribution in [0.4, 0.5) is 0 Å². The average molecular weight is 262 g/mol. The highest BCUT2D eigenvalue weighted by Crippen LogP contribution is 2.28. The SMILES string of the molecule is COc1ccc(C)cc1C(=O)CC(C)CC(C)(C)C. The van der Waals surface area contributed by atoms with Crippen molar-refractivity contribution in [3.63, 3.8) is 0 Å². The minimum atomic E-state index is 0.178. The van der Waals surface area contributed by atoms with Gasteiger partial charge in [0.15, 0.2) is 5.78 Å². The van der Waals surface area contributed by atoms with Gasteiger partial charge in [-0.2, -0.15) is 0 Å². The average Bonchev–Trinajstić information content (AvgIpc) is 2.26. The summed E-state index contributed by atoms with van der Waals surface area (Å²) in [6, 6.07) is 5.76. The van der Waals surface area contributed by atoms with Crippen molar-refractivity contribution in [1.82, 2.24) is 0 Å². The number of methoxy groups -OCH3 is 1. The van der Waals surface area contributed by atoms with Crippen LogP contribution < -0.4 is 4.74 Å². The number of hydrogen-bond acceptors (Lipinski definition) is 2. The monoisotopic (exact) mass is 262 g/mol. The van der Waals surface area contributed by atoms with E-state index in [1.54, 1.807) is 7.11 Å². The van der Waals surface area contributed by atoms with Gasteiger partial charge >= 0.3 is 0 Å². The van der Waals surface area contributed by atoms with Crippen LogP contribution in [0.15, 0.2) is 18.2 Å². The second kappa shape index (κ2) is 6.23. The van der Waals surface area contributed by atoms with Crippen molar-refractivity contribution in [3.8, 4) is 5.75 Å². The maximum atomic E-state index is 12.4. The van der Waals surface area contributed by atoms with Gasteiger partial charge in [0.2, 0.25) is 0 Å². The van der Waals surface area contributed by atoms with Crippen molar-refractivity contribution in [2.24, 2.45) is 11.3 Å². The van der Waals surface area contributed by atoms with Crippen molar-refractivity contribution in [1.29, 1.82) is 0 Å². The van der Waals surface area contributed by atoms with Crippen LogP contribution in [0, 0.1) is 18.3 Å². The first-order valence-corrected chi connectivity index (χ1v) is 6.91. The van der Waals surface area contributed by atoms with Crippen LogP contribution in [0.1, 0.15) is 56.5 Å². The molecule has 0 aromatic heterocycles. The Bertz CT molecular complexity index is 441. The molecule has 0 bridgehead atoms. The molecular formula is C17H26O2. The summed E-state index contributed by atoms with van der Waals surface area (Å²) in [5.74, 6) is 1.24. The molecule has 0 radical (unpaired) electrons. The molecule has 0 amide bonds. The van der Waals surface area contributed by atoms with E-state index in [4.69, 9.17) is 4.74 Å². The Kier molecular flexibility index (Phi) is 5.16. The van der Waals surface area contributed by atoms with E-state index in [9.17, 15) is 4.79 Å². The van der Waals surface area contributed by atoms with E-state index >= 15 is 0 Å². The van der Waals surface area contributed by atoms with Gasteiger partial charge in [-0.25, -0.2) is 0 Å². The fraction of sp³-hybridized carbons (Fsp3) is 0.588. The minimum Gasteiger partial charge on any atom is -0.496 e. The minimum absolute atomic E-state index is 0.178. The zero-order chi connectivity index (χ0) is 14.6. The predicted octanol–water partition coefficient (Wildman–Crippen LogP) is 4.65. The molecule has 0 N–H and O–H groups in total. The summed E-state index contributed by atoms with van der Waals surface area (Å²) in [7, 11) is 1.61. The van der Waals surface area contributed by atoms with Gasteiger partial charge in [0, 0.05) is 6.42 Å². The maximum Gasteiger partial charge on any atom is 0.166 e. The van der Waals surface area contributed by atoms with Crippen LogP contribution in [-0.2, 0) is 0 Å². The lowest BCUT2D eigenvalue weighted by Gasteiger charge is -2.23. The summed E-state index contributed by atoms with van der Waals surface area (Å²) in [5.41, 5.74) is 2.06. The summed E-state index contributed by atoms with van der Waals surface area (Å²) in [4.78, 5) is 12.4. The van der Waals surface area contributed by atoms with Crippen molar-refractivity contribution < 1.29 is 9.53 Å². The Morgan fingerprint density at radius 1 is 1.32 bits per heavy atom. The fourth-order valence-corrected chi connectivity index (χ4v) is 2.58. The molecule has 0 aliphatic rings.